The molecular weight excluding hydrogens is 372 g/mol. The van der Waals surface area contributed by atoms with Crippen LogP contribution in [0.15, 0.2) is 44.6 Å². The number of rotatable bonds is 4. The summed E-state index contributed by atoms with van der Waals surface area (Å²) in [5, 5.41) is 7.89. The van der Waals surface area contributed by atoms with Crippen LogP contribution >= 0.6 is 12.6 Å². The van der Waals surface area contributed by atoms with Gasteiger partial charge >= 0.3 is 0 Å². The highest BCUT2D eigenvalue weighted by molar-refractivity contribution is 7.80. The number of aromatic nitrogens is 3. The maximum Gasteiger partial charge on any atom is 0.283 e. The molecule has 6 nitrogen and oxygen atoms in total. The minimum atomic E-state index is -0.238. The number of allylic oxidation sites excluding steroid dienone is 2. The minimum Gasteiger partial charge on any atom is -0.465 e. The molecule has 0 amide bonds. The summed E-state index contributed by atoms with van der Waals surface area (Å²) in [7, 11) is 0. The van der Waals surface area contributed by atoms with Crippen LogP contribution < -0.4 is 10.9 Å². The van der Waals surface area contributed by atoms with Crippen molar-refractivity contribution in [1.82, 2.24) is 14.6 Å². The normalized spacial score (nSPS) is 10.6. The smallest absolute Gasteiger partial charge is 0.283 e. The highest BCUT2D eigenvalue weighted by Crippen LogP contribution is 2.17. The molecule has 0 spiro atoms. The van der Waals surface area contributed by atoms with Crippen molar-refractivity contribution in [3.8, 4) is 0 Å². The molecule has 0 atom stereocenters. The second kappa shape index (κ2) is 11.3. The Labute approximate surface area is 172 Å². The molecule has 0 bridgehead atoms. The largest absolute Gasteiger partial charge is 0.465 e. The zero-order valence-electron chi connectivity index (χ0n) is 17.7. The Balaban J connectivity index is 0.000000921. The second-order valence-corrected chi connectivity index (χ2v) is 5.87. The lowest BCUT2D eigenvalue weighted by molar-refractivity contribution is 0.490. The van der Waals surface area contributed by atoms with Gasteiger partial charge < -0.3 is 9.73 Å². The van der Waals surface area contributed by atoms with Crippen LogP contribution in [0, 0.1) is 6.92 Å². The first-order valence-corrected chi connectivity index (χ1v) is 10.00. The van der Waals surface area contributed by atoms with Gasteiger partial charge in [-0.1, -0.05) is 33.8 Å². The first-order chi connectivity index (χ1) is 13.5. The van der Waals surface area contributed by atoms with Crippen LogP contribution in [0.5, 0.6) is 0 Å². The van der Waals surface area contributed by atoms with E-state index in [1.807, 2.05) is 66.7 Å². The minimum absolute atomic E-state index is 0.238. The van der Waals surface area contributed by atoms with Gasteiger partial charge in [0.25, 0.3) is 5.56 Å². The van der Waals surface area contributed by atoms with Gasteiger partial charge in [0, 0.05) is 0 Å². The maximum atomic E-state index is 12.7. The predicted molar refractivity (Wildman–Crippen MR) is 119 cm³/mol. The lowest BCUT2D eigenvalue weighted by Gasteiger charge is -2.09. The molecule has 0 fully saturated rings. The summed E-state index contributed by atoms with van der Waals surface area (Å²) >= 11 is 4.33. The fourth-order valence-electron chi connectivity index (χ4n) is 2.36. The van der Waals surface area contributed by atoms with Crippen molar-refractivity contribution >= 4 is 29.7 Å². The number of hydrogen-bond acceptors (Lipinski definition) is 6. The number of fused-ring (bicyclic) bond motifs is 1. The van der Waals surface area contributed by atoms with E-state index in [1.54, 1.807) is 12.1 Å². The third-order valence-corrected chi connectivity index (χ3v) is 4.06. The Bertz CT molecular complexity index is 990. The van der Waals surface area contributed by atoms with Crippen molar-refractivity contribution in [2.45, 2.75) is 60.0 Å². The number of thiol groups is 1. The van der Waals surface area contributed by atoms with E-state index in [1.165, 1.54) is 4.52 Å². The average Bonchev–Trinajstić information content (AvgIpc) is 3.14. The molecule has 0 unspecified atom stereocenters. The summed E-state index contributed by atoms with van der Waals surface area (Å²) in [6.45, 7) is 14.1. The van der Waals surface area contributed by atoms with Gasteiger partial charge in [-0.15, -0.1) is 17.7 Å². The Morgan fingerprint density at radius 3 is 2.46 bits per heavy atom. The van der Waals surface area contributed by atoms with Crippen LogP contribution in [0.3, 0.4) is 0 Å². The Morgan fingerprint density at radius 2 is 1.89 bits per heavy atom. The van der Waals surface area contributed by atoms with Crippen molar-refractivity contribution in [1.29, 1.82) is 0 Å². The van der Waals surface area contributed by atoms with Gasteiger partial charge in [0.05, 0.1) is 12.1 Å². The quantitative estimate of drug-likeness (QED) is 0.453. The molecule has 28 heavy (non-hydrogen) atoms. The van der Waals surface area contributed by atoms with Crippen LogP contribution in [0.2, 0.25) is 0 Å². The van der Waals surface area contributed by atoms with Crippen LogP contribution in [0.1, 0.15) is 58.6 Å². The molecule has 152 valence electrons. The van der Waals surface area contributed by atoms with Crippen LogP contribution in [-0.4, -0.2) is 14.6 Å². The van der Waals surface area contributed by atoms with Crippen LogP contribution in [0.4, 0.5) is 5.82 Å². The van der Waals surface area contributed by atoms with Gasteiger partial charge in [0.2, 0.25) is 0 Å². The number of hydrogen-bond donors (Lipinski definition) is 2. The molecule has 0 aliphatic carbocycles. The lowest BCUT2D eigenvalue weighted by atomic mass is 10.1. The molecule has 0 aliphatic rings. The number of anilines is 1. The van der Waals surface area contributed by atoms with E-state index in [0.717, 1.165) is 17.1 Å². The lowest BCUT2D eigenvalue weighted by Crippen LogP contribution is -2.22. The number of aryl methyl sites for hydroxylation is 1. The fourth-order valence-corrected chi connectivity index (χ4v) is 2.73. The van der Waals surface area contributed by atoms with Crippen LogP contribution in [-0.2, 0) is 6.54 Å². The second-order valence-electron chi connectivity index (χ2n) is 5.44. The highest BCUT2D eigenvalue weighted by atomic mass is 32.1. The Morgan fingerprint density at radius 1 is 1.21 bits per heavy atom. The fraction of sp³-hybridized carbons (Fsp3) is 0.381. The van der Waals surface area contributed by atoms with Crippen molar-refractivity contribution in [3.05, 3.63) is 57.8 Å². The highest BCUT2D eigenvalue weighted by Gasteiger charge is 2.13. The number of furan rings is 1. The van der Waals surface area contributed by atoms with E-state index >= 15 is 0 Å². The molecule has 3 aromatic heterocycles. The first-order valence-electron chi connectivity index (χ1n) is 9.55. The monoisotopic (exact) mass is 402 g/mol. The molecule has 7 heteroatoms. The van der Waals surface area contributed by atoms with E-state index in [9.17, 15) is 4.79 Å². The summed E-state index contributed by atoms with van der Waals surface area (Å²) < 4.78 is 6.80. The number of nitrogens with one attached hydrogen (secondary N) is 1. The predicted octanol–water partition coefficient (Wildman–Crippen LogP) is 5.37. The molecule has 0 saturated heterocycles. The standard InChI is InChI=1S/C17H18N4O2S.2C2H6/c1-4-10(2)15-16(24)19-14-8-7-13(20-21(14)17(15)22)18-9-12-6-5-11(3)23-12;2*1-2/h4-8,24H,9H2,1-3H3,(H,18,20);2*1-2H3/b10-4+;;. The first kappa shape index (κ1) is 23.5. The molecule has 3 heterocycles. The summed E-state index contributed by atoms with van der Waals surface area (Å²) in [5.41, 5.74) is 1.50. The third-order valence-electron chi connectivity index (χ3n) is 3.73. The van der Waals surface area contributed by atoms with E-state index in [0.29, 0.717) is 28.6 Å². The molecule has 0 radical (unpaired) electrons. The van der Waals surface area contributed by atoms with Gasteiger partial charge in [-0.25, -0.2) is 4.98 Å². The maximum absolute atomic E-state index is 12.7. The molecule has 0 aliphatic heterocycles. The molecule has 0 aromatic carbocycles. The van der Waals surface area contributed by atoms with E-state index in [4.69, 9.17) is 4.42 Å². The van der Waals surface area contributed by atoms with Crippen LogP contribution in [0.25, 0.3) is 11.2 Å². The van der Waals surface area contributed by atoms with Gasteiger partial charge in [0.15, 0.2) is 5.65 Å². The summed E-state index contributed by atoms with van der Waals surface area (Å²) in [6.07, 6.45) is 1.85. The van der Waals surface area contributed by atoms with E-state index in [-0.39, 0.29) is 5.56 Å². The molecular formula is C21H30N4O2S. The summed E-state index contributed by atoms with van der Waals surface area (Å²) in [5.74, 6) is 2.22. The number of nitrogens with zero attached hydrogens (tertiary/aromatic N) is 3. The zero-order chi connectivity index (χ0) is 21.3. The average molecular weight is 403 g/mol. The van der Waals surface area contributed by atoms with Gasteiger partial charge in [-0.05, 0) is 50.6 Å². The topological polar surface area (TPSA) is 72.4 Å². The van der Waals surface area contributed by atoms with Gasteiger partial charge in [0.1, 0.15) is 22.4 Å². The van der Waals surface area contributed by atoms with E-state index < -0.39 is 0 Å². The summed E-state index contributed by atoms with van der Waals surface area (Å²) in [6, 6.07) is 7.31. The Kier molecular flexibility index (Phi) is 9.51. The van der Waals surface area contributed by atoms with E-state index in [2.05, 4.69) is 28.0 Å². The molecule has 0 saturated carbocycles. The van der Waals surface area contributed by atoms with Crippen molar-refractivity contribution in [2.24, 2.45) is 0 Å². The van der Waals surface area contributed by atoms with Crippen molar-refractivity contribution < 1.29 is 4.42 Å². The third kappa shape index (κ3) is 5.48. The Hall–Kier alpha value is -2.54. The SMILES string of the molecule is C/C=C(\C)c1c(S)nc2ccc(NCc3ccc(C)o3)nn2c1=O.CC.CC. The summed E-state index contributed by atoms with van der Waals surface area (Å²) in [4.78, 5) is 17.0. The van der Waals surface area contributed by atoms with Gasteiger partial charge in [-0.2, -0.15) is 4.52 Å². The molecule has 3 rings (SSSR count). The molecule has 3 aromatic rings. The molecule has 1 N–H and O–H groups in total. The van der Waals surface area contributed by atoms with Gasteiger partial charge in [-0.3, -0.25) is 4.79 Å². The van der Waals surface area contributed by atoms with Crippen molar-refractivity contribution in [3.63, 3.8) is 0 Å². The van der Waals surface area contributed by atoms with Crippen molar-refractivity contribution in [2.75, 3.05) is 5.32 Å². The zero-order valence-corrected chi connectivity index (χ0v) is 18.6.